The maximum absolute atomic E-state index is 12.7. The average Bonchev–Trinajstić information content (AvgIpc) is 3.24. The molecule has 182 valence electrons. The van der Waals surface area contributed by atoms with E-state index in [-0.39, 0.29) is 22.9 Å². The van der Waals surface area contributed by atoms with Crippen molar-refractivity contribution in [2.45, 2.75) is 43.5 Å². The van der Waals surface area contributed by atoms with E-state index >= 15 is 0 Å². The maximum Gasteiger partial charge on any atom is 0.321 e. The van der Waals surface area contributed by atoms with Crippen molar-refractivity contribution in [3.05, 3.63) is 63.6 Å². The Morgan fingerprint density at radius 1 is 1.18 bits per heavy atom. The molecule has 2 aromatic carbocycles. The lowest BCUT2D eigenvalue weighted by atomic mass is 10.0. The van der Waals surface area contributed by atoms with Crippen LogP contribution in [0.5, 0.6) is 0 Å². The monoisotopic (exact) mass is 520 g/mol. The van der Waals surface area contributed by atoms with Gasteiger partial charge in [-0.25, -0.2) is 4.79 Å². The molecule has 0 aliphatic carbocycles. The van der Waals surface area contributed by atoms with Gasteiger partial charge < -0.3 is 15.5 Å². The summed E-state index contributed by atoms with van der Waals surface area (Å²) < 4.78 is 0. The van der Waals surface area contributed by atoms with Gasteiger partial charge in [0.2, 0.25) is 5.91 Å². The highest BCUT2D eigenvalue weighted by molar-refractivity contribution is 8.01. The quantitative estimate of drug-likeness (QED) is 0.504. The fourth-order valence-corrected chi connectivity index (χ4v) is 6.30. The molecule has 4 rings (SSSR count). The first kappa shape index (κ1) is 25.2. The smallest absolute Gasteiger partial charge is 0.321 e. The Bertz CT molecular complexity index is 1040. The van der Waals surface area contributed by atoms with E-state index in [0.717, 1.165) is 36.3 Å². The molecule has 2 aliphatic heterocycles. The number of urea groups is 1. The van der Waals surface area contributed by atoms with Crippen LogP contribution in [-0.4, -0.2) is 53.1 Å². The van der Waals surface area contributed by atoms with Gasteiger partial charge >= 0.3 is 6.03 Å². The van der Waals surface area contributed by atoms with Gasteiger partial charge in [-0.15, -0.1) is 11.8 Å². The molecule has 2 aromatic rings. The van der Waals surface area contributed by atoms with Crippen LogP contribution in [-0.2, 0) is 17.6 Å². The Balaban J connectivity index is 1.22. The zero-order valence-electron chi connectivity index (χ0n) is 19.2. The molecular formula is C25H30Cl2N4O2S. The lowest BCUT2D eigenvalue weighted by Gasteiger charge is -2.39. The maximum atomic E-state index is 12.7. The molecule has 2 fully saturated rings. The number of carbonyl (C=O) groups excluding carboxylic acids is 2. The SMILES string of the molecule is CCc1cccc(NC(=O)N2CCC3(CC2)NC(C(=O)NCCc2ccc(Cl)cc2Cl)CS3)c1. The predicted molar refractivity (Wildman–Crippen MR) is 141 cm³/mol. The van der Waals surface area contributed by atoms with Gasteiger partial charge in [0.05, 0.1) is 10.9 Å². The van der Waals surface area contributed by atoms with Crippen LogP contribution in [0.3, 0.4) is 0 Å². The van der Waals surface area contributed by atoms with Crippen LogP contribution in [0.2, 0.25) is 10.0 Å². The van der Waals surface area contributed by atoms with Crippen molar-refractivity contribution in [2.24, 2.45) is 0 Å². The van der Waals surface area contributed by atoms with Gasteiger partial charge in [0.1, 0.15) is 0 Å². The minimum absolute atomic E-state index is 0.00504. The number of rotatable bonds is 6. The predicted octanol–water partition coefficient (Wildman–Crippen LogP) is 4.94. The molecule has 1 atom stereocenters. The molecule has 1 spiro atoms. The topological polar surface area (TPSA) is 73.5 Å². The number of thioether (sulfide) groups is 1. The number of carbonyl (C=O) groups is 2. The summed E-state index contributed by atoms with van der Waals surface area (Å²) in [5.74, 6) is 0.731. The molecule has 6 nitrogen and oxygen atoms in total. The third-order valence-corrected chi connectivity index (χ3v) is 8.60. The second kappa shape index (κ2) is 11.2. The zero-order valence-corrected chi connectivity index (χ0v) is 21.5. The minimum atomic E-state index is -0.233. The molecular weight excluding hydrogens is 491 g/mol. The second-order valence-corrected chi connectivity index (χ2v) is 11.0. The van der Waals surface area contributed by atoms with Gasteiger partial charge in [0, 0.05) is 41.1 Å². The van der Waals surface area contributed by atoms with E-state index in [9.17, 15) is 9.59 Å². The first-order chi connectivity index (χ1) is 16.4. The van der Waals surface area contributed by atoms with Gasteiger partial charge in [0.25, 0.3) is 0 Å². The van der Waals surface area contributed by atoms with E-state index in [0.29, 0.717) is 36.1 Å². The lowest BCUT2D eigenvalue weighted by molar-refractivity contribution is -0.122. The van der Waals surface area contributed by atoms with Crippen molar-refractivity contribution < 1.29 is 9.59 Å². The molecule has 34 heavy (non-hydrogen) atoms. The number of anilines is 1. The third kappa shape index (κ3) is 6.19. The van der Waals surface area contributed by atoms with E-state index in [1.165, 1.54) is 5.56 Å². The van der Waals surface area contributed by atoms with Crippen LogP contribution in [0.15, 0.2) is 42.5 Å². The summed E-state index contributed by atoms with van der Waals surface area (Å²) in [6, 6.07) is 13.1. The molecule has 3 N–H and O–H groups in total. The molecule has 0 aromatic heterocycles. The Labute approximate surface area is 215 Å². The van der Waals surface area contributed by atoms with Crippen LogP contribution in [0.4, 0.5) is 10.5 Å². The Morgan fingerprint density at radius 2 is 1.97 bits per heavy atom. The van der Waals surface area contributed by atoms with Crippen molar-refractivity contribution in [3.8, 4) is 0 Å². The van der Waals surface area contributed by atoms with E-state index in [4.69, 9.17) is 23.2 Å². The van der Waals surface area contributed by atoms with Crippen molar-refractivity contribution in [1.29, 1.82) is 0 Å². The summed E-state index contributed by atoms with van der Waals surface area (Å²) in [4.78, 5) is 27.1. The van der Waals surface area contributed by atoms with Crippen LogP contribution in [0.1, 0.15) is 30.9 Å². The van der Waals surface area contributed by atoms with Crippen LogP contribution >= 0.6 is 35.0 Å². The molecule has 3 amide bonds. The molecule has 9 heteroatoms. The largest absolute Gasteiger partial charge is 0.354 e. The van der Waals surface area contributed by atoms with Crippen molar-refractivity contribution in [1.82, 2.24) is 15.5 Å². The molecule has 2 saturated heterocycles. The Kier molecular flexibility index (Phi) is 8.30. The summed E-state index contributed by atoms with van der Waals surface area (Å²) in [6.07, 6.45) is 3.20. The highest BCUT2D eigenvalue weighted by atomic mass is 35.5. The molecule has 1 unspecified atom stereocenters. The Morgan fingerprint density at radius 3 is 2.71 bits per heavy atom. The van der Waals surface area contributed by atoms with Crippen molar-refractivity contribution in [3.63, 3.8) is 0 Å². The summed E-state index contributed by atoms with van der Waals surface area (Å²) in [6.45, 7) is 3.93. The summed E-state index contributed by atoms with van der Waals surface area (Å²) in [5, 5.41) is 10.8. The normalized spacial score (nSPS) is 19.3. The number of amides is 3. The zero-order chi connectivity index (χ0) is 24.1. The van der Waals surface area contributed by atoms with E-state index in [1.807, 2.05) is 29.2 Å². The second-order valence-electron chi connectivity index (χ2n) is 8.75. The lowest BCUT2D eigenvalue weighted by Crippen LogP contribution is -2.55. The highest BCUT2D eigenvalue weighted by Gasteiger charge is 2.44. The average molecular weight is 522 g/mol. The van der Waals surface area contributed by atoms with Crippen LogP contribution < -0.4 is 16.0 Å². The Hall–Kier alpha value is -1.93. The van der Waals surface area contributed by atoms with Crippen molar-refractivity contribution in [2.75, 3.05) is 30.7 Å². The number of benzene rings is 2. The number of aryl methyl sites for hydroxylation is 1. The fraction of sp³-hybridized carbons (Fsp3) is 0.440. The van der Waals surface area contributed by atoms with E-state index < -0.39 is 0 Å². The number of hydrogen-bond donors (Lipinski definition) is 3. The number of nitrogens with zero attached hydrogens (tertiary/aromatic N) is 1. The first-order valence-electron chi connectivity index (χ1n) is 11.7. The first-order valence-corrected chi connectivity index (χ1v) is 13.4. The number of nitrogens with one attached hydrogen (secondary N) is 3. The molecule has 0 bridgehead atoms. The van der Waals surface area contributed by atoms with Crippen LogP contribution in [0.25, 0.3) is 0 Å². The van der Waals surface area contributed by atoms with Gasteiger partial charge in [-0.3, -0.25) is 10.1 Å². The summed E-state index contributed by atoms with van der Waals surface area (Å²) >= 11 is 14.0. The highest BCUT2D eigenvalue weighted by Crippen LogP contribution is 2.39. The van der Waals surface area contributed by atoms with Crippen LogP contribution in [0, 0.1) is 0 Å². The summed E-state index contributed by atoms with van der Waals surface area (Å²) in [5.41, 5.74) is 2.99. The third-order valence-electron chi connectivity index (χ3n) is 6.43. The number of hydrogen-bond acceptors (Lipinski definition) is 4. The number of halogens is 2. The molecule has 2 heterocycles. The molecule has 2 aliphatic rings. The number of piperidine rings is 1. The van der Waals surface area contributed by atoms with E-state index in [1.54, 1.807) is 23.9 Å². The van der Waals surface area contributed by atoms with Gasteiger partial charge in [0.15, 0.2) is 0 Å². The number of likely N-dealkylation sites (tertiary alicyclic amines) is 1. The molecule has 0 saturated carbocycles. The van der Waals surface area contributed by atoms with Crippen molar-refractivity contribution >= 4 is 52.6 Å². The standard InChI is InChI=1S/C25H30Cl2N4O2S/c1-2-17-4-3-5-20(14-17)29-24(33)31-12-9-25(10-13-31)30-22(16-34-25)23(32)28-11-8-18-6-7-19(26)15-21(18)27/h3-7,14-15,22,30H,2,8-13,16H2,1H3,(H,28,32)(H,29,33). The minimum Gasteiger partial charge on any atom is -0.354 e. The van der Waals surface area contributed by atoms with Gasteiger partial charge in [-0.1, -0.05) is 48.3 Å². The van der Waals surface area contributed by atoms with E-state index in [2.05, 4.69) is 28.9 Å². The van der Waals surface area contributed by atoms with Gasteiger partial charge in [-0.2, -0.15) is 0 Å². The van der Waals surface area contributed by atoms with Gasteiger partial charge in [-0.05, 0) is 61.1 Å². The fourth-order valence-electron chi connectivity index (χ4n) is 4.38. The summed E-state index contributed by atoms with van der Waals surface area (Å²) in [7, 11) is 0. The molecule has 0 radical (unpaired) electrons.